The molecule has 10 nitrogen and oxygen atoms in total. The highest BCUT2D eigenvalue weighted by Crippen LogP contribution is 2.33. The van der Waals surface area contributed by atoms with E-state index < -0.39 is 29.3 Å². The summed E-state index contributed by atoms with van der Waals surface area (Å²) in [5.41, 5.74) is 1.56. The Morgan fingerprint density at radius 1 is 0.936 bits per heavy atom. The first kappa shape index (κ1) is 32.0. The van der Waals surface area contributed by atoms with Crippen molar-refractivity contribution in [2.75, 3.05) is 31.6 Å². The number of benzene rings is 3. The summed E-state index contributed by atoms with van der Waals surface area (Å²) >= 11 is 1.01. The highest BCUT2D eigenvalue weighted by atomic mass is 32.1. The second-order valence-electron chi connectivity index (χ2n) is 11.7. The van der Waals surface area contributed by atoms with E-state index in [1.54, 1.807) is 50.2 Å². The number of fused-ring (bicyclic) bond motifs is 1. The molecule has 1 aliphatic rings. The molecular formula is C35H34FN5O5S. The maximum Gasteiger partial charge on any atom is 0.436 e. The van der Waals surface area contributed by atoms with E-state index in [2.05, 4.69) is 20.6 Å². The summed E-state index contributed by atoms with van der Waals surface area (Å²) < 4.78 is 26.6. The summed E-state index contributed by atoms with van der Waals surface area (Å²) in [6.07, 6.45) is -0.771. The molecule has 0 bridgehead atoms. The first-order valence-corrected chi connectivity index (χ1v) is 16.0. The minimum atomic E-state index is -1.04. The number of rotatable bonds is 9. The average molecular weight is 656 g/mol. The van der Waals surface area contributed by atoms with Gasteiger partial charge in [-0.3, -0.25) is 14.5 Å². The number of amides is 2. The van der Waals surface area contributed by atoms with Gasteiger partial charge >= 0.3 is 6.09 Å². The van der Waals surface area contributed by atoms with E-state index in [0.29, 0.717) is 34.6 Å². The number of anilines is 1. The fraction of sp³-hybridized carbons (Fsp3) is 0.257. The Kier molecular flexibility index (Phi) is 9.43. The smallest absolute Gasteiger partial charge is 0.436 e. The van der Waals surface area contributed by atoms with Crippen molar-refractivity contribution in [2.45, 2.75) is 32.5 Å². The molecule has 1 saturated heterocycles. The van der Waals surface area contributed by atoms with Crippen LogP contribution in [-0.2, 0) is 28.2 Å². The lowest BCUT2D eigenvalue weighted by atomic mass is 9.93. The molecule has 6 rings (SSSR count). The first-order chi connectivity index (χ1) is 22.7. The molecule has 3 heterocycles. The van der Waals surface area contributed by atoms with Crippen LogP contribution < -0.4 is 10.6 Å². The minimum Gasteiger partial charge on any atom is -0.443 e. The van der Waals surface area contributed by atoms with Crippen molar-refractivity contribution in [1.29, 1.82) is 0 Å². The van der Waals surface area contributed by atoms with Gasteiger partial charge in [0.25, 0.3) is 11.8 Å². The van der Waals surface area contributed by atoms with Gasteiger partial charge < -0.3 is 20.1 Å². The van der Waals surface area contributed by atoms with E-state index in [0.717, 1.165) is 46.8 Å². The Labute approximate surface area is 275 Å². The van der Waals surface area contributed by atoms with Gasteiger partial charge in [0.15, 0.2) is 5.82 Å². The predicted molar refractivity (Wildman–Crippen MR) is 177 cm³/mol. The van der Waals surface area contributed by atoms with Crippen molar-refractivity contribution >= 4 is 45.3 Å². The molecule has 5 aromatic rings. The Bertz CT molecular complexity index is 1900. The normalized spacial score (nSPS) is 13.8. The number of thiophene rings is 1. The molecule has 242 valence electrons. The quantitative estimate of drug-likeness (QED) is 0.195. The Morgan fingerprint density at radius 3 is 2.36 bits per heavy atom. The number of hydrogen-bond donors (Lipinski definition) is 2. The number of aromatic nitrogens is 2. The molecule has 2 N–H and O–H groups in total. The van der Waals surface area contributed by atoms with Crippen molar-refractivity contribution in [1.82, 2.24) is 20.0 Å². The van der Waals surface area contributed by atoms with Crippen LogP contribution in [-0.4, -0.2) is 58.9 Å². The zero-order valence-electron chi connectivity index (χ0n) is 26.0. The van der Waals surface area contributed by atoms with Gasteiger partial charge in [-0.2, -0.15) is 4.68 Å². The number of morpholine rings is 1. The summed E-state index contributed by atoms with van der Waals surface area (Å²) in [4.78, 5) is 42.9. The SMILES string of the molecule is CC(C)(NC(=O)c1cc2c(NC(=O)c3ccc(CN4CCOCC4)cc3)nn(C(=O)OCc3ccccc3)c2s1)c1ccccc1F. The van der Waals surface area contributed by atoms with Crippen molar-refractivity contribution in [3.8, 4) is 0 Å². The molecule has 47 heavy (non-hydrogen) atoms. The monoisotopic (exact) mass is 655 g/mol. The number of nitrogens with one attached hydrogen (secondary N) is 2. The fourth-order valence-corrected chi connectivity index (χ4v) is 6.35. The van der Waals surface area contributed by atoms with Crippen molar-refractivity contribution in [2.24, 2.45) is 0 Å². The molecular weight excluding hydrogens is 621 g/mol. The third kappa shape index (κ3) is 7.40. The van der Waals surface area contributed by atoms with Gasteiger partial charge in [-0.05, 0) is 49.2 Å². The van der Waals surface area contributed by atoms with E-state index in [4.69, 9.17) is 9.47 Å². The van der Waals surface area contributed by atoms with E-state index in [1.807, 2.05) is 42.5 Å². The van der Waals surface area contributed by atoms with Crippen LogP contribution in [0.15, 0.2) is 84.9 Å². The second-order valence-corrected chi connectivity index (χ2v) is 12.8. The van der Waals surface area contributed by atoms with Crippen LogP contribution in [0.2, 0.25) is 0 Å². The van der Waals surface area contributed by atoms with Crippen LogP contribution in [0.1, 0.15) is 50.6 Å². The highest BCUT2D eigenvalue weighted by Gasteiger charge is 2.29. The zero-order chi connectivity index (χ0) is 33.0. The van der Waals surface area contributed by atoms with Gasteiger partial charge in [0, 0.05) is 30.8 Å². The summed E-state index contributed by atoms with van der Waals surface area (Å²) in [7, 11) is 0. The van der Waals surface area contributed by atoms with Crippen molar-refractivity contribution in [3.63, 3.8) is 0 Å². The Morgan fingerprint density at radius 2 is 1.64 bits per heavy atom. The van der Waals surface area contributed by atoms with E-state index in [9.17, 15) is 18.8 Å². The number of carbonyl (C=O) groups is 3. The molecule has 2 aromatic heterocycles. The van der Waals surface area contributed by atoms with Gasteiger partial charge in [-0.1, -0.05) is 60.7 Å². The van der Waals surface area contributed by atoms with Gasteiger partial charge in [0.1, 0.15) is 17.3 Å². The first-order valence-electron chi connectivity index (χ1n) is 15.2. The van der Waals surface area contributed by atoms with Crippen LogP contribution >= 0.6 is 11.3 Å². The lowest BCUT2D eigenvalue weighted by molar-refractivity contribution is 0.0342. The number of nitrogens with zero attached hydrogens (tertiary/aromatic N) is 3. The third-order valence-electron chi connectivity index (χ3n) is 7.89. The zero-order valence-corrected chi connectivity index (χ0v) is 26.8. The topological polar surface area (TPSA) is 115 Å². The van der Waals surface area contributed by atoms with E-state index in [1.165, 1.54) is 6.07 Å². The maximum atomic E-state index is 14.6. The molecule has 1 aliphatic heterocycles. The van der Waals surface area contributed by atoms with Gasteiger partial charge in [-0.25, -0.2) is 9.18 Å². The molecule has 0 aliphatic carbocycles. The predicted octanol–water partition coefficient (Wildman–Crippen LogP) is 6.17. The highest BCUT2D eigenvalue weighted by molar-refractivity contribution is 7.20. The summed E-state index contributed by atoms with van der Waals surface area (Å²) in [5, 5.41) is 10.5. The third-order valence-corrected chi connectivity index (χ3v) is 9.00. The van der Waals surface area contributed by atoms with Crippen LogP contribution in [0.3, 0.4) is 0 Å². The van der Waals surface area contributed by atoms with Crippen molar-refractivity contribution in [3.05, 3.63) is 118 Å². The Balaban J connectivity index is 1.25. The summed E-state index contributed by atoms with van der Waals surface area (Å²) in [6, 6.07) is 24.3. The van der Waals surface area contributed by atoms with E-state index in [-0.39, 0.29) is 17.3 Å². The largest absolute Gasteiger partial charge is 0.443 e. The lowest BCUT2D eigenvalue weighted by Crippen LogP contribution is -2.41. The lowest BCUT2D eigenvalue weighted by Gasteiger charge is -2.27. The number of carbonyl (C=O) groups excluding carboxylic acids is 3. The summed E-state index contributed by atoms with van der Waals surface area (Å²) in [5.74, 6) is -1.24. The van der Waals surface area contributed by atoms with Crippen LogP contribution in [0.4, 0.5) is 15.0 Å². The Hall–Kier alpha value is -4.91. The fourth-order valence-electron chi connectivity index (χ4n) is 5.36. The standard InChI is InChI=1S/C35H34FN5O5S/c1-35(2,27-10-6-7-11-28(27)36)38-32(43)29-20-26-30(39-41(33(26)47-29)34(44)46-22-24-8-4-3-5-9-24)37-31(42)25-14-12-23(13-15-25)21-40-16-18-45-19-17-40/h3-15,20H,16-19,21-22H2,1-2H3,(H,38,43)(H,37,39,42). The molecule has 0 radical (unpaired) electrons. The molecule has 1 fully saturated rings. The summed E-state index contributed by atoms with van der Waals surface area (Å²) in [6.45, 7) is 7.30. The van der Waals surface area contributed by atoms with Gasteiger partial charge in [-0.15, -0.1) is 16.4 Å². The molecule has 12 heteroatoms. The average Bonchev–Trinajstić information content (AvgIpc) is 3.65. The molecule has 0 unspecified atom stereocenters. The van der Waals surface area contributed by atoms with E-state index >= 15 is 0 Å². The van der Waals surface area contributed by atoms with Crippen LogP contribution in [0.5, 0.6) is 0 Å². The molecule has 2 amide bonds. The molecule has 0 saturated carbocycles. The minimum absolute atomic E-state index is 0.00900. The number of hydrogen-bond acceptors (Lipinski definition) is 8. The molecule has 3 aromatic carbocycles. The molecule has 0 atom stereocenters. The van der Waals surface area contributed by atoms with Crippen LogP contribution in [0, 0.1) is 5.82 Å². The van der Waals surface area contributed by atoms with Crippen LogP contribution in [0.25, 0.3) is 10.2 Å². The number of ether oxygens (including phenoxy) is 2. The molecule has 0 spiro atoms. The van der Waals surface area contributed by atoms with Crippen molar-refractivity contribution < 1.29 is 28.2 Å². The van der Waals surface area contributed by atoms with Gasteiger partial charge in [0.2, 0.25) is 0 Å². The number of halogens is 1. The maximum absolute atomic E-state index is 14.6. The second kappa shape index (κ2) is 13.8. The van der Waals surface area contributed by atoms with Gasteiger partial charge in [0.05, 0.1) is 29.0 Å².